The highest BCUT2D eigenvalue weighted by Crippen LogP contribution is 2.65. The van der Waals surface area contributed by atoms with Gasteiger partial charge in [-0.3, -0.25) is 14.4 Å². The number of unbranched alkanes of at least 4 members (excludes halogenated alkanes) is 2. The van der Waals surface area contributed by atoms with Gasteiger partial charge in [-0.25, -0.2) is 9.59 Å². The Morgan fingerprint density at radius 3 is 2.18 bits per heavy atom. The van der Waals surface area contributed by atoms with Gasteiger partial charge in [-0.15, -0.1) is 0 Å². The van der Waals surface area contributed by atoms with Crippen molar-refractivity contribution < 1.29 is 83.0 Å². The van der Waals surface area contributed by atoms with Crippen molar-refractivity contribution >= 4 is 29.6 Å². The van der Waals surface area contributed by atoms with Crippen molar-refractivity contribution in [3.05, 3.63) is 82.9 Å². The predicted molar refractivity (Wildman–Crippen MR) is 233 cm³/mol. The molecular weight excluding hydrogens is 875 g/mol. The third-order valence-corrected chi connectivity index (χ3v) is 14.9. The molecule has 7 N–H and O–H groups in total. The van der Waals surface area contributed by atoms with E-state index < -0.39 is 138 Å². The Kier molecular flexibility index (Phi) is 14.6. The summed E-state index contributed by atoms with van der Waals surface area (Å²) >= 11 is 0. The van der Waals surface area contributed by atoms with Crippen LogP contribution in [0.3, 0.4) is 0 Å². The number of esters is 3. The number of hydrogen-bond acceptors (Lipinski definition) is 17. The van der Waals surface area contributed by atoms with E-state index in [-0.39, 0.29) is 36.2 Å². The SMILES string of the molecule is CCCCCC(=O)N[C@@H](c1ccccc1)C(O)C(=O)OC1C[C@@]2(O)C(OC(=O)c3ccccc3)C3[C@](C)(C(=O)[C@@H](O)C(=C1C)C2(C)C)C(OC1OCC(O)C(O)C1O)C[C@H]1OC[C@@]31OC(C)=O. The number of fused-ring (bicyclic) bond motifs is 5. The van der Waals surface area contributed by atoms with Gasteiger partial charge in [0.15, 0.2) is 23.8 Å². The Bertz CT molecular complexity index is 2200. The summed E-state index contributed by atoms with van der Waals surface area (Å²) in [6, 6.07) is 14.8. The van der Waals surface area contributed by atoms with Gasteiger partial charge in [0.25, 0.3) is 0 Å². The molecule has 2 heterocycles. The lowest BCUT2D eigenvalue weighted by molar-refractivity contribution is -0.366. The van der Waals surface area contributed by atoms with Crippen LogP contribution in [0.1, 0.15) is 102 Å². The number of nitrogens with one attached hydrogen (secondary N) is 1. The van der Waals surface area contributed by atoms with Crippen LogP contribution in [0.25, 0.3) is 0 Å². The van der Waals surface area contributed by atoms with Crippen LogP contribution < -0.4 is 5.32 Å². The first kappa shape index (κ1) is 50.3. The van der Waals surface area contributed by atoms with Gasteiger partial charge in [0.05, 0.1) is 42.3 Å². The number of carbonyl (C=O) groups is 5. The molecule has 2 bridgehead atoms. The van der Waals surface area contributed by atoms with Gasteiger partial charge < -0.3 is 64.4 Å². The van der Waals surface area contributed by atoms with Crippen LogP contribution in [0.2, 0.25) is 0 Å². The minimum atomic E-state index is -2.45. The molecule has 2 aromatic carbocycles. The van der Waals surface area contributed by atoms with Gasteiger partial charge in [-0.2, -0.15) is 0 Å². The Labute approximate surface area is 388 Å². The molecule has 67 heavy (non-hydrogen) atoms. The predicted octanol–water partition coefficient (Wildman–Crippen LogP) is 1.89. The summed E-state index contributed by atoms with van der Waals surface area (Å²) in [5.41, 5.74) is -7.69. The molecule has 0 spiro atoms. The van der Waals surface area contributed by atoms with Crippen molar-refractivity contribution in [1.82, 2.24) is 5.32 Å². The van der Waals surface area contributed by atoms with Crippen molar-refractivity contribution in [3.63, 3.8) is 0 Å². The van der Waals surface area contributed by atoms with E-state index in [4.69, 9.17) is 28.4 Å². The van der Waals surface area contributed by atoms with E-state index in [0.29, 0.717) is 12.0 Å². The maximum atomic E-state index is 15.7. The summed E-state index contributed by atoms with van der Waals surface area (Å²) < 4.78 is 36.7. The number of amides is 1. The van der Waals surface area contributed by atoms with E-state index in [2.05, 4.69) is 5.32 Å². The fraction of sp³-hybridized carbons (Fsp3) is 0.612. The third-order valence-electron chi connectivity index (χ3n) is 14.9. The molecule has 15 atom stereocenters. The van der Waals surface area contributed by atoms with Crippen molar-refractivity contribution in [2.75, 3.05) is 13.2 Å². The first-order chi connectivity index (χ1) is 31.6. The average Bonchev–Trinajstić information content (AvgIpc) is 3.29. The van der Waals surface area contributed by atoms with Crippen molar-refractivity contribution in [1.29, 1.82) is 0 Å². The molecule has 3 aliphatic carbocycles. The molecule has 0 radical (unpaired) electrons. The molecule has 2 saturated heterocycles. The van der Waals surface area contributed by atoms with E-state index in [1.807, 2.05) is 6.92 Å². The monoisotopic (exact) mass is 937 g/mol. The van der Waals surface area contributed by atoms with Crippen molar-refractivity contribution in [3.8, 4) is 0 Å². The fourth-order valence-corrected chi connectivity index (χ4v) is 11.1. The number of hydrogen-bond donors (Lipinski definition) is 7. The summed E-state index contributed by atoms with van der Waals surface area (Å²) in [7, 11) is 0. The number of rotatable bonds is 14. The summed E-state index contributed by atoms with van der Waals surface area (Å²) in [6.45, 7) is 8.25. The molecule has 7 rings (SSSR count). The lowest BCUT2D eigenvalue weighted by atomic mass is 9.44. The minimum absolute atomic E-state index is 0.0365. The number of carbonyl (C=O) groups excluding carboxylic acids is 5. The maximum Gasteiger partial charge on any atom is 0.338 e. The highest BCUT2D eigenvalue weighted by atomic mass is 16.7. The second-order valence-electron chi connectivity index (χ2n) is 19.3. The van der Waals surface area contributed by atoms with E-state index >= 15 is 4.79 Å². The smallest absolute Gasteiger partial charge is 0.338 e. The Balaban J connectivity index is 1.37. The first-order valence-corrected chi connectivity index (χ1v) is 22.9. The van der Waals surface area contributed by atoms with Gasteiger partial charge >= 0.3 is 17.9 Å². The first-order valence-electron chi connectivity index (χ1n) is 22.9. The third kappa shape index (κ3) is 8.85. The molecule has 2 aliphatic heterocycles. The number of aliphatic hydroxyl groups excluding tert-OH is 5. The summed E-state index contributed by atoms with van der Waals surface area (Å²) in [6.07, 6.45) is -15.2. The molecule has 18 heteroatoms. The quantitative estimate of drug-likeness (QED) is 0.0617. The van der Waals surface area contributed by atoms with Crippen LogP contribution in [-0.4, -0.2) is 146 Å². The molecule has 2 aromatic rings. The van der Waals surface area contributed by atoms with Crippen LogP contribution in [0, 0.1) is 16.7 Å². The number of aliphatic hydroxyl groups is 6. The molecular formula is C49H63NO17. The summed E-state index contributed by atoms with van der Waals surface area (Å²) in [5.74, 6) is -6.02. The zero-order valence-corrected chi connectivity index (χ0v) is 38.5. The standard InChI is InChI=1S/C49H63NO17/c1-7-8-11-20-33(53)50-35(27-16-12-9-13-17-27)38(56)44(60)64-30-22-49(61)42(66-43(59)28-18-14-10-15-19-28)40-47(6,41(58)37(55)34(25(30)2)46(49,4)5)31(21-32-48(40,24-63-32)67-26(3)51)65-45-39(57)36(54)29(52)23-62-45/h9-10,12-19,29-32,35-40,42,45,52,54-57,61H,7-8,11,20-24H2,1-6H3,(H,50,53)/t29?,30?,31?,32-,35+,36?,37+,38?,39?,40?,42?,45?,47-,48+,49-/m1/s1. The van der Waals surface area contributed by atoms with Crippen LogP contribution in [0.15, 0.2) is 71.8 Å². The highest BCUT2D eigenvalue weighted by Gasteiger charge is 2.78. The molecule has 4 fully saturated rings. The summed E-state index contributed by atoms with van der Waals surface area (Å²) in [4.78, 5) is 70.8. The van der Waals surface area contributed by atoms with Gasteiger partial charge in [0, 0.05) is 31.6 Å². The van der Waals surface area contributed by atoms with Crippen LogP contribution in [0.5, 0.6) is 0 Å². The fourth-order valence-electron chi connectivity index (χ4n) is 11.1. The van der Waals surface area contributed by atoms with Crippen molar-refractivity contribution in [2.24, 2.45) is 16.7 Å². The number of benzene rings is 2. The second-order valence-corrected chi connectivity index (χ2v) is 19.3. The van der Waals surface area contributed by atoms with E-state index in [0.717, 1.165) is 19.8 Å². The highest BCUT2D eigenvalue weighted by molar-refractivity contribution is 5.94. The molecule has 2 saturated carbocycles. The Hall–Kier alpha value is -4.63. The largest absolute Gasteiger partial charge is 0.456 e. The van der Waals surface area contributed by atoms with Crippen LogP contribution in [-0.2, 0) is 47.6 Å². The molecule has 9 unspecified atom stereocenters. The minimum Gasteiger partial charge on any atom is -0.456 e. The molecule has 0 aromatic heterocycles. The van der Waals surface area contributed by atoms with Crippen LogP contribution in [0.4, 0.5) is 0 Å². The number of ether oxygens (including phenoxy) is 6. The average molecular weight is 938 g/mol. The maximum absolute atomic E-state index is 15.7. The lowest BCUT2D eigenvalue weighted by Gasteiger charge is -2.68. The molecule has 1 amide bonds. The lowest BCUT2D eigenvalue weighted by Crippen LogP contribution is -2.82. The second kappa shape index (κ2) is 19.4. The van der Waals surface area contributed by atoms with Crippen molar-refractivity contribution in [2.45, 2.75) is 159 Å². The Morgan fingerprint density at radius 1 is 0.910 bits per heavy atom. The Morgan fingerprint density at radius 2 is 1.57 bits per heavy atom. The van der Waals surface area contributed by atoms with E-state index in [9.17, 15) is 49.8 Å². The van der Waals surface area contributed by atoms with E-state index in [1.165, 1.54) is 39.8 Å². The number of ketones is 1. The molecule has 366 valence electrons. The zero-order chi connectivity index (χ0) is 48.8. The van der Waals surface area contributed by atoms with Gasteiger partial charge in [-0.05, 0) is 49.1 Å². The normalized spacial score (nSPS) is 36.4. The zero-order valence-electron chi connectivity index (χ0n) is 38.5. The van der Waals surface area contributed by atoms with Crippen LogP contribution >= 0.6 is 0 Å². The number of Topliss-reactive ketones (excluding diaryl/α,β-unsaturated/α-hetero) is 1. The van der Waals surface area contributed by atoms with Gasteiger partial charge in [-0.1, -0.05) is 82.1 Å². The van der Waals surface area contributed by atoms with Gasteiger partial charge in [0.2, 0.25) is 5.91 Å². The molecule has 18 nitrogen and oxygen atoms in total. The summed E-state index contributed by atoms with van der Waals surface area (Å²) in [5, 5.41) is 72.8. The van der Waals surface area contributed by atoms with Gasteiger partial charge in [0.1, 0.15) is 48.3 Å². The van der Waals surface area contributed by atoms with E-state index in [1.54, 1.807) is 48.5 Å². The topological polar surface area (TPSA) is 274 Å². The molecule has 5 aliphatic rings.